The van der Waals surface area contributed by atoms with Gasteiger partial charge in [-0.05, 0) is 19.3 Å². The second-order valence-corrected chi connectivity index (χ2v) is 4.61. The second kappa shape index (κ2) is 5.88. The summed E-state index contributed by atoms with van der Waals surface area (Å²) in [5.74, 6) is -0.620. The molecule has 7 heteroatoms. The third-order valence-electron chi connectivity index (χ3n) is 2.96. The number of carbonyl (C=O) groups excluding carboxylic acids is 1. The summed E-state index contributed by atoms with van der Waals surface area (Å²) in [6.45, 7) is 1.18. The number of carbonyl (C=O) groups is 1. The van der Waals surface area contributed by atoms with Crippen molar-refractivity contribution >= 4 is 5.91 Å². The summed E-state index contributed by atoms with van der Waals surface area (Å²) in [5, 5.41) is 0. The van der Waals surface area contributed by atoms with Crippen LogP contribution in [0.2, 0.25) is 0 Å². The van der Waals surface area contributed by atoms with Crippen LogP contribution in [0.25, 0.3) is 0 Å². The summed E-state index contributed by atoms with van der Waals surface area (Å²) in [6, 6.07) is 0. The van der Waals surface area contributed by atoms with Crippen molar-refractivity contribution in [1.29, 1.82) is 0 Å². The number of amides is 1. The molecule has 1 heterocycles. The van der Waals surface area contributed by atoms with Crippen molar-refractivity contribution in [3.05, 3.63) is 0 Å². The lowest BCUT2D eigenvalue weighted by Gasteiger charge is -2.37. The van der Waals surface area contributed by atoms with Crippen LogP contribution in [0, 0.1) is 0 Å². The summed E-state index contributed by atoms with van der Waals surface area (Å²) >= 11 is 0. The molecule has 0 saturated carbocycles. The topological polar surface area (TPSA) is 55.6 Å². The molecule has 1 amide bonds. The largest absolute Gasteiger partial charge is 0.406 e. The molecule has 1 aliphatic heterocycles. The summed E-state index contributed by atoms with van der Waals surface area (Å²) in [5.41, 5.74) is 4.70. The average molecular weight is 268 g/mol. The highest BCUT2D eigenvalue weighted by atomic mass is 19.4. The van der Waals surface area contributed by atoms with Crippen LogP contribution in [-0.2, 0) is 9.53 Å². The number of hydrogen-bond donors (Lipinski definition) is 1. The van der Waals surface area contributed by atoms with E-state index >= 15 is 0 Å². The number of rotatable bonds is 4. The van der Waals surface area contributed by atoms with Crippen LogP contribution in [0.15, 0.2) is 0 Å². The summed E-state index contributed by atoms with van der Waals surface area (Å²) in [6.07, 6.45) is -3.39. The minimum Gasteiger partial charge on any atom is -0.381 e. The van der Waals surface area contributed by atoms with Gasteiger partial charge in [0.2, 0.25) is 5.91 Å². The molecule has 0 atom stereocenters. The van der Waals surface area contributed by atoms with E-state index in [9.17, 15) is 18.0 Å². The maximum atomic E-state index is 12.4. The van der Waals surface area contributed by atoms with Gasteiger partial charge < -0.3 is 15.4 Å². The molecule has 0 radical (unpaired) electrons. The molecular formula is C11H19F3N2O2. The van der Waals surface area contributed by atoms with Gasteiger partial charge in [0, 0.05) is 19.8 Å². The molecule has 106 valence electrons. The minimum atomic E-state index is -4.40. The van der Waals surface area contributed by atoms with Crippen molar-refractivity contribution in [3.8, 4) is 0 Å². The molecule has 0 aromatic carbocycles. The summed E-state index contributed by atoms with van der Waals surface area (Å²) in [7, 11) is 0. The molecule has 0 aliphatic carbocycles. The van der Waals surface area contributed by atoms with Gasteiger partial charge in [0.25, 0.3) is 0 Å². The fourth-order valence-electron chi connectivity index (χ4n) is 2.00. The Bertz CT molecular complexity index is 289. The Morgan fingerprint density at radius 3 is 2.39 bits per heavy atom. The van der Waals surface area contributed by atoms with Crippen LogP contribution in [0.5, 0.6) is 0 Å². The first-order chi connectivity index (χ1) is 8.28. The van der Waals surface area contributed by atoms with Gasteiger partial charge in [-0.3, -0.25) is 4.79 Å². The Kier molecular flexibility index (Phi) is 4.98. The number of ether oxygens (including phenoxy) is 1. The van der Waals surface area contributed by atoms with Gasteiger partial charge in [-0.1, -0.05) is 6.92 Å². The van der Waals surface area contributed by atoms with Crippen molar-refractivity contribution in [3.63, 3.8) is 0 Å². The molecule has 0 aromatic heterocycles. The normalized spacial score (nSPS) is 19.6. The van der Waals surface area contributed by atoms with Crippen molar-refractivity contribution in [2.45, 2.75) is 37.9 Å². The van der Waals surface area contributed by atoms with Crippen molar-refractivity contribution < 1.29 is 22.7 Å². The number of halogens is 3. The molecule has 0 aromatic rings. The zero-order valence-corrected chi connectivity index (χ0v) is 10.4. The first-order valence-corrected chi connectivity index (χ1v) is 6.01. The molecule has 1 fully saturated rings. The third-order valence-corrected chi connectivity index (χ3v) is 2.96. The van der Waals surface area contributed by atoms with E-state index in [1.165, 1.54) is 0 Å². The van der Waals surface area contributed by atoms with Gasteiger partial charge >= 0.3 is 6.18 Å². The molecule has 4 nitrogen and oxygen atoms in total. The quantitative estimate of drug-likeness (QED) is 0.836. The second-order valence-electron chi connectivity index (χ2n) is 4.61. The van der Waals surface area contributed by atoms with Crippen LogP contribution in [-0.4, -0.2) is 48.8 Å². The van der Waals surface area contributed by atoms with Gasteiger partial charge in [0.1, 0.15) is 6.54 Å². The Balaban J connectivity index is 2.74. The molecule has 1 saturated heterocycles. The van der Waals surface area contributed by atoms with Crippen molar-refractivity contribution in [2.75, 3.05) is 26.3 Å². The molecule has 0 unspecified atom stereocenters. The Morgan fingerprint density at radius 1 is 1.39 bits per heavy atom. The zero-order chi connectivity index (χ0) is 13.8. The highest BCUT2D eigenvalue weighted by molar-refractivity contribution is 5.86. The fourth-order valence-corrected chi connectivity index (χ4v) is 2.00. The number of alkyl halides is 3. The monoisotopic (exact) mass is 268 g/mol. The van der Waals surface area contributed by atoms with Crippen molar-refractivity contribution in [1.82, 2.24) is 4.90 Å². The number of hydrogen-bond acceptors (Lipinski definition) is 3. The van der Waals surface area contributed by atoms with Crippen LogP contribution < -0.4 is 5.73 Å². The van der Waals surface area contributed by atoms with E-state index in [0.29, 0.717) is 19.6 Å². The van der Waals surface area contributed by atoms with Crippen LogP contribution in [0.1, 0.15) is 26.2 Å². The zero-order valence-electron chi connectivity index (χ0n) is 10.4. The summed E-state index contributed by atoms with van der Waals surface area (Å²) in [4.78, 5) is 12.9. The molecule has 18 heavy (non-hydrogen) atoms. The van der Waals surface area contributed by atoms with Crippen LogP contribution in [0.3, 0.4) is 0 Å². The van der Waals surface area contributed by atoms with E-state index in [2.05, 4.69) is 0 Å². The lowest BCUT2D eigenvalue weighted by Crippen LogP contribution is -2.59. The van der Waals surface area contributed by atoms with Gasteiger partial charge in [0.15, 0.2) is 0 Å². The predicted molar refractivity (Wildman–Crippen MR) is 59.9 cm³/mol. The lowest BCUT2D eigenvalue weighted by atomic mass is 9.89. The smallest absolute Gasteiger partial charge is 0.381 e. The van der Waals surface area contributed by atoms with Gasteiger partial charge in [-0.25, -0.2) is 0 Å². The average Bonchev–Trinajstić information content (AvgIpc) is 2.27. The molecule has 0 bridgehead atoms. The van der Waals surface area contributed by atoms with E-state index in [1.54, 1.807) is 6.92 Å². The summed E-state index contributed by atoms with van der Waals surface area (Å²) < 4.78 is 42.3. The maximum Gasteiger partial charge on any atom is 0.406 e. The molecule has 1 rings (SSSR count). The lowest BCUT2D eigenvalue weighted by molar-refractivity contribution is -0.166. The van der Waals surface area contributed by atoms with Gasteiger partial charge in [-0.2, -0.15) is 13.2 Å². The van der Waals surface area contributed by atoms with Crippen LogP contribution >= 0.6 is 0 Å². The third kappa shape index (κ3) is 4.13. The van der Waals surface area contributed by atoms with E-state index in [4.69, 9.17) is 10.5 Å². The molecule has 0 spiro atoms. The first kappa shape index (κ1) is 15.2. The van der Waals surface area contributed by atoms with Crippen LogP contribution in [0.4, 0.5) is 13.2 Å². The van der Waals surface area contributed by atoms with E-state index in [0.717, 1.165) is 4.90 Å². The Labute approximate surface area is 104 Å². The van der Waals surface area contributed by atoms with Crippen molar-refractivity contribution in [2.24, 2.45) is 5.73 Å². The maximum absolute atomic E-state index is 12.4. The van der Waals surface area contributed by atoms with Gasteiger partial charge in [-0.15, -0.1) is 0 Å². The van der Waals surface area contributed by atoms with E-state index in [1.807, 2.05) is 0 Å². The fraction of sp³-hybridized carbons (Fsp3) is 0.909. The SMILES string of the molecule is CCCN(CC(F)(F)F)C(=O)C1(N)CCOCC1. The molecule has 1 aliphatic rings. The highest BCUT2D eigenvalue weighted by Crippen LogP contribution is 2.23. The Morgan fingerprint density at radius 2 is 1.94 bits per heavy atom. The molecule has 2 N–H and O–H groups in total. The minimum absolute atomic E-state index is 0.0676. The number of nitrogens with two attached hydrogens (primary N) is 1. The Hall–Kier alpha value is -0.820. The highest BCUT2D eigenvalue weighted by Gasteiger charge is 2.42. The van der Waals surface area contributed by atoms with E-state index in [-0.39, 0.29) is 19.4 Å². The molecular weight excluding hydrogens is 249 g/mol. The predicted octanol–water partition coefficient (Wildman–Crippen LogP) is 1.30. The van der Waals surface area contributed by atoms with Gasteiger partial charge in [0.05, 0.1) is 5.54 Å². The number of nitrogens with zero attached hydrogens (tertiary/aromatic N) is 1. The standard InChI is InChI=1S/C11H19F3N2O2/c1-2-5-16(8-11(12,13)14)9(17)10(15)3-6-18-7-4-10/h2-8,15H2,1H3. The van der Waals surface area contributed by atoms with E-state index < -0.39 is 24.2 Å². The first-order valence-electron chi connectivity index (χ1n) is 6.01.